The van der Waals surface area contributed by atoms with Gasteiger partial charge in [-0.05, 0) is 74.2 Å². The molecule has 0 aromatic heterocycles. The molecule has 0 N–H and O–H groups in total. The van der Waals surface area contributed by atoms with Crippen molar-refractivity contribution >= 4 is 21.2 Å². The van der Waals surface area contributed by atoms with Gasteiger partial charge in [-0.1, -0.05) is 69.2 Å². The highest BCUT2D eigenvalue weighted by molar-refractivity contribution is 7.91. The summed E-state index contributed by atoms with van der Waals surface area (Å²) in [5.41, 5.74) is 3.85. The van der Waals surface area contributed by atoms with Crippen LogP contribution in [0.4, 0.5) is 11.4 Å². The molecule has 0 saturated heterocycles. The fraction of sp³-hybridized carbons (Fsp3) is 0.419. The summed E-state index contributed by atoms with van der Waals surface area (Å²) in [4.78, 5) is 5.04. The van der Waals surface area contributed by atoms with Gasteiger partial charge in [-0.2, -0.15) is 0 Å². The zero-order chi connectivity index (χ0) is 26.0. The molecule has 0 aliphatic carbocycles. The summed E-state index contributed by atoms with van der Waals surface area (Å²) >= 11 is 0. The van der Waals surface area contributed by atoms with Crippen LogP contribution in [0.3, 0.4) is 0 Å². The topological polar surface area (TPSA) is 40.6 Å². The van der Waals surface area contributed by atoms with Crippen LogP contribution in [0.25, 0.3) is 0 Å². The van der Waals surface area contributed by atoms with Gasteiger partial charge in [0, 0.05) is 37.6 Å². The molecule has 3 aromatic rings. The number of hydrogen-bond donors (Lipinski definition) is 0. The number of unbranched alkanes of at least 4 members (excludes halogenated alkanes) is 2. The lowest BCUT2D eigenvalue weighted by atomic mass is 10.0. The number of anilines is 2. The standard InChI is InChI=1S/C31H42N2O2S/c1-5-9-24-33(25-10-6-2)29-22-18-27(19-23-29)31(36(34,35)30-14-12-11-13-15-30)26-16-20-28(21-17-26)32(7-3)8-4/h11-23,31H,5-10,24-25H2,1-4H3. The van der Waals surface area contributed by atoms with E-state index in [0.29, 0.717) is 4.90 Å². The largest absolute Gasteiger partial charge is 0.372 e. The van der Waals surface area contributed by atoms with Gasteiger partial charge in [0.2, 0.25) is 0 Å². The first-order valence-electron chi connectivity index (χ1n) is 13.4. The Labute approximate surface area is 218 Å². The summed E-state index contributed by atoms with van der Waals surface area (Å²) in [6.07, 6.45) is 4.61. The second-order valence-corrected chi connectivity index (χ2v) is 11.3. The summed E-state index contributed by atoms with van der Waals surface area (Å²) in [5, 5.41) is -0.764. The van der Waals surface area contributed by atoms with E-state index >= 15 is 0 Å². The van der Waals surface area contributed by atoms with E-state index in [4.69, 9.17) is 0 Å². The van der Waals surface area contributed by atoms with Crippen molar-refractivity contribution in [1.29, 1.82) is 0 Å². The number of rotatable bonds is 14. The molecular weight excluding hydrogens is 464 g/mol. The lowest BCUT2D eigenvalue weighted by molar-refractivity contribution is 0.589. The van der Waals surface area contributed by atoms with Crippen LogP contribution in [0, 0.1) is 0 Å². The van der Waals surface area contributed by atoms with Crippen LogP contribution in [-0.4, -0.2) is 34.6 Å². The van der Waals surface area contributed by atoms with Crippen LogP contribution >= 0.6 is 0 Å². The molecule has 0 spiro atoms. The van der Waals surface area contributed by atoms with Gasteiger partial charge in [-0.15, -0.1) is 0 Å². The van der Waals surface area contributed by atoms with Crippen molar-refractivity contribution in [3.05, 3.63) is 90.0 Å². The van der Waals surface area contributed by atoms with E-state index in [1.807, 2.05) is 42.5 Å². The Bertz CT molecular complexity index is 1130. The third-order valence-corrected chi connectivity index (χ3v) is 8.92. The van der Waals surface area contributed by atoms with Crippen molar-refractivity contribution in [2.24, 2.45) is 0 Å². The molecule has 0 radical (unpaired) electrons. The van der Waals surface area contributed by atoms with Gasteiger partial charge in [0.25, 0.3) is 0 Å². The minimum Gasteiger partial charge on any atom is -0.372 e. The lowest BCUT2D eigenvalue weighted by Crippen LogP contribution is -2.25. The van der Waals surface area contributed by atoms with Crippen LogP contribution < -0.4 is 9.80 Å². The smallest absolute Gasteiger partial charge is 0.189 e. The quantitative estimate of drug-likeness (QED) is 0.227. The predicted octanol–water partition coefficient (Wildman–Crippen LogP) is 7.50. The molecule has 5 heteroatoms. The maximum absolute atomic E-state index is 13.9. The van der Waals surface area contributed by atoms with Crippen molar-refractivity contribution in [2.45, 2.75) is 63.5 Å². The molecule has 1 atom stereocenters. The van der Waals surface area contributed by atoms with Gasteiger partial charge in [0.05, 0.1) is 4.90 Å². The van der Waals surface area contributed by atoms with Gasteiger partial charge in [0.15, 0.2) is 9.84 Å². The van der Waals surface area contributed by atoms with Crippen molar-refractivity contribution in [2.75, 3.05) is 36.0 Å². The minimum atomic E-state index is -3.64. The first kappa shape index (κ1) is 27.8. The maximum Gasteiger partial charge on any atom is 0.189 e. The number of benzene rings is 3. The molecule has 194 valence electrons. The van der Waals surface area contributed by atoms with Gasteiger partial charge >= 0.3 is 0 Å². The molecule has 3 rings (SSSR count). The van der Waals surface area contributed by atoms with Gasteiger partial charge < -0.3 is 9.80 Å². The van der Waals surface area contributed by atoms with Crippen molar-refractivity contribution in [3.8, 4) is 0 Å². The van der Waals surface area contributed by atoms with E-state index in [1.54, 1.807) is 24.3 Å². The molecule has 0 heterocycles. The Hall–Kier alpha value is -2.79. The molecule has 0 bridgehead atoms. The zero-order valence-electron chi connectivity index (χ0n) is 22.4. The molecule has 0 aliphatic heterocycles. The van der Waals surface area contributed by atoms with Gasteiger partial charge in [0.1, 0.15) is 5.25 Å². The predicted molar refractivity (Wildman–Crippen MR) is 154 cm³/mol. The first-order chi connectivity index (χ1) is 17.5. The van der Waals surface area contributed by atoms with Crippen molar-refractivity contribution < 1.29 is 8.42 Å². The summed E-state index contributed by atoms with van der Waals surface area (Å²) in [6, 6.07) is 25.0. The molecule has 36 heavy (non-hydrogen) atoms. The lowest BCUT2D eigenvalue weighted by Gasteiger charge is -2.26. The molecular formula is C31H42N2O2S. The van der Waals surface area contributed by atoms with E-state index in [-0.39, 0.29) is 0 Å². The Balaban J connectivity index is 2.02. The molecule has 4 nitrogen and oxygen atoms in total. The fourth-order valence-corrected chi connectivity index (χ4v) is 6.51. The molecule has 1 unspecified atom stereocenters. The van der Waals surface area contributed by atoms with Crippen LogP contribution in [0.2, 0.25) is 0 Å². The summed E-state index contributed by atoms with van der Waals surface area (Å²) in [5.74, 6) is 0. The second kappa shape index (κ2) is 13.5. The molecule has 0 fully saturated rings. The first-order valence-corrected chi connectivity index (χ1v) is 15.0. The molecule has 0 saturated carbocycles. The highest BCUT2D eigenvalue weighted by atomic mass is 32.2. The highest BCUT2D eigenvalue weighted by Crippen LogP contribution is 2.36. The Morgan fingerprint density at radius 2 is 1.06 bits per heavy atom. The number of hydrogen-bond acceptors (Lipinski definition) is 4. The Kier molecular flexibility index (Phi) is 10.4. The highest BCUT2D eigenvalue weighted by Gasteiger charge is 2.31. The van der Waals surface area contributed by atoms with E-state index in [0.717, 1.165) is 74.4 Å². The molecule has 0 aliphatic rings. The van der Waals surface area contributed by atoms with Crippen LogP contribution in [-0.2, 0) is 9.84 Å². The van der Waals surface area contributed by atoms with Gasteiger partial charge in [-0.3, -0.25) is 0 Å². The van der Waals surface area contributed by atoms with Crippen molar-refractivity contribution in [3.63, 3.8) is 0 Å². The third-order valence-electron chi connectivity index (χ3n) is 6.83. The number of nitrogens with zero attached hydrogens (tertiary/aromatic N) is 2. The third kappa shape index (κ3) is 6.70. The van der Waals surface area contributed by atoms with Crippen LogP contribution in [0.5, 0.6) is 0 Å². The molecule has 3 aromatic carbocycles. The SMILES string of the molecule is CCCCN(CCCC)c1ccc(C(c2ccc(N(CC)CC)cc2)S(=O)(=O)c2ccccc2)cc1. The van der Waals surface area contributed by atoms with E-state index in [1.165, 1.54) is 0 Å². The Morgan fingerprint density at radius 3 is 1.47 bits per heavy atom. The Morgan fingerprint density at radius 1 is 0.611 bits per heavy atom. The second-order valence-electron chi connectivity index (χ2n) is 9.29. The summed E-state index contributed by atoms with van der Waals surface area (Å²) in [6.45, 7) is 12.6. The van der Waals surface area contributed by atoms with Crippen molar-refractivity contribution in [1.82, 2.24) is 0 Å². The minimum absolute atomic E-state index is 0.347. The number of sulfone groups is 1. The fourth-order valence-electron chi connectivity index (χ4n) is 4.67. The van der Waals surface area contributed by atoms with Gasteiger partial charge in [-0.25, -0.2) is 8.42 Å². The van der Waals surface area contributed by atoms with E-state index in [2.05, 4.69) is 49.6 Å². The monoisotopic (exact) mass is 506 g/mol. The van der Waals surface area contributed by atoms with E-state index in [9.17, 15) is 8.42 Å². The molecule has 0 amide bonds. The van der Waals surface area contributed by atoms with Crippen LogP contribution in [0.15, 0.2) is 83.8 Å². The maximum atomic E-state index is 13.9. The van der Waals surface area contributed by atoms with Crippen LogP contribution in [0.1, 0.15) is 69.8 Å². The average Bonchev–Trinajstić information content (AvgIpc) is 2.91. The normalized spacial score (nSPS) is 12.3. The zero-order valence-corrected chi connectivity index (χ0v) is 23.2. The summed E-state index contributed by atoms with van der Waals surface area (Å²) < 4.78 is 27.9. The average molecular weight is 507 g/mol. The van der Waals surface area contributed by atoms with E-state index < -0.39 is 15.1 Å². The summed E-state index contributed by atoms with van der Waals surface area (Å²) in [7, 11) is -3.64.